The maximum Gasteiger partial charge on any atom is 0.243 e. The van der Waals surface area contributed by atoms with Gasteiger partial charge >= 0.3 is 0 Å². The van der Waals surface area contributed by atoms with E-state index >= 15 is 0 Å². The van der Waals surface area contributed by atoms with Crippen LogP contribution < -0.4 is 10.1 Å². The van der Waals surface area contributed by atoms with E-state index in [2.05, 4.69) is 5.32 Å². The second kappa shape index (κ2) is 10.3. The minimum atomic E-state index is -3.58. The zero-order chi connectivity index (χ0) is 24.3. The van der Waals surface area contributed by atoms with E-state index in [4.69, 9.17) is 4.74 Å². The number of carbonyl (C=O) groups excluding carboxylic acids is 1. The highest BCUT2D eigenvalue weighted by atomic mass is 32.2. The van der Waals surface area contributed by atoms with Crippen molar-refractivity contribution in [3.8, 4) is 5.75 Å². The standard InChI is InChI=1S/C26H36N2O4S/c1-17(2)32-24-9-7-8-23(16-24)21(6)27-26(29)22-10-12-28(13-11-22)33(30,31)25-19(4)14-18(3)15-20(25)5/h7-9,14-17,21-22H,10-13H2,1-6H3,(H,27,29). The lowest BCUT2D eigenvalue weighted by Gasteiger charge is -2.32. The van der Waals surface area contributed by atoms with Crippen LogP contribution in [0.15, 0.2) is 41.3 Å². The Bertz CT molecular complexity index is 1080. The minimum absolute atomic E-state index is 0.0302. The Morgan fingerprint density at radius 1 is 1.03 bits per heavy atom. The zero-order valence-electron chi connectivity index (χ0n) is 20.5. The van der Waals surface area contributed by atoms with Crippen molar-refractivity contribution in [2.75, 3.05) is 13.1 Å². The third kappa shape index (κ3) is 5.95. The van der Waals surface area contributed by atoms with Crippen LogP contribution in [0.3, 0.4) is 0 Å². The molecule has 1 amide bonds. The van der Waals surface area contributed by atoms with Gasteiger partial charge in [-0.3, -0.25) is 4.79 Å². The number of amides is 1. The Hall–Kier alpha value is -2.38. The summed E-state index contributed by atoms with van der Waals surface area (Å²) in [6, 6.07) is 11.4. The Morgan fingerprint density at radius 2 is 1.64 bits per heavy atom. The molecule has 1 atom stereocenters. The van der Waals surface area contributed by atoms with Crippen molar-refractivity contribution < 1.29 is 17.9 Å². The van der Waals surface area contributed by atoms with E-state index < -0.39 is 10.0 Å². The van der Waals surface area contributed by atoms with Crippen LogP contribution in [0, 0.1) is 26.7 Å². The van der Waals surface area contributed by atoms with Gasteiger partial charge in [-0.15, -0.1) is 0 Å². The van der Waals surface area contributed by atoms with Gasteiger partial charge in [-0.2, -0.15) is 4.31 Å². The molecule has 1 heterocycles. The van der Waals surface area contributed by atoms with Crippen molar-refractivity contribution >= 4 is 15.9 Å². The normalized spacial score (nSPS) is 16.6. The minimum Gasteiger partial charge on any atom is -0.491 e. The molecule has 3 rings (SSSR count). The fraction of sp³-hybridized carbons (Fsp3) is 0.500. The maximum atomic E-state index is 13.3. The van der Waals surface area contributed by atoms with Gasteiger partial charge in [-0.25, -0.2) is 8.42 Å². The molecule has 0 spiro atoms. The number of hydrogen-bond acceptors (Lipinski definition) is 4. The first-order valence-electron chi connectivity index (χ1n) is 11.6. The third-order valence-electron chi connectivity index (χ3n) is 6.12. The van der Waals surface area contributed by atoms with Crippen LogP contribution in [0.1, 0.15) is 61.9 Å². The predicted octanol–water partition coefficient (Wildman–Crippen LogP) is 4.68. The number of piperidine rings is 1. The van der Waals surface area contributed by atoms with Crippen molar-refractivity contribution in [1.82, 2.24) is 9.62 Å². The molecule has 0 radical (unpaired) electrons. The van der Waals surface area contributed by atoms with Crippen molar-refractivity contribution in [3.63, 3.8) is 0 Å². The summed E-state index contributed by atoms with van der Waals surface area (Å²) in [7, 11) is -3.58. The molecule has 1 fully saturated rings. The lowest BCUT2D eigenvalue weighted by Crippen LogP contribution is -2.43. The van der Waals surface area contributed by atoms with Gasteiger partial charge in [0.05, 0.1) is 17.0 Å². The fourth-order valence-electron chi connectivity index (χ4n) is 4.61. The summed E-state index contributed by atoms with van der Waals surface area (Å²) in [6.45, 7) is 12.3. The summed E-state index contributed by atoms with van der Waals surface area (Å²) in [5, 5.41) is 3.09. The van der Waals surface area contributed by atoms with Crippen LogP contribution in [0.5, 0.6) is 5.75 Å². The average Bonchev–Trinajstić information content (AvgIpc) is 2.72. The molecule has 7 heteroatoms. The molecule has 2 aromatic rings. The lowest BCUT2D eigenvalue weighted by atomic mass is 9.96. The first-order chi connectivity index (χ1) is 15.5. The van der Waals surface area contributed by atoms with Crippen molar-refractivity contribution in [1.29, 1.82) is 0 Å². The molecular formula is C26H36N2O4S. The second-order valence-electron chi connectivity index (χ2n) is 9.38. The van der Waals surface area contributed by atoms with E-state index in [0.29, 0.717) is 30.8 Å². The molecule has 0 saturated carbocycles. The van der Waals surface area contributed by atoms with E-state index in [9.17, 15) is 13.2 Å². The van der Waals surface area contributed by atoms with Gasteiger partial charge in [0.25, 0.3) is 0 Å². The monoisotopic (exact) mass is 472 g/mol. The molecule has 0 aromatic heterocycles. The number of rotatable bonds is 7. The number of aryl methyl sites for hydroxylation is 3. The van der Waals surface area contributed by atoms with E-state index in [1.807, 2.05) is 77.9 Å². The third-order valence-corrected chi connectivity index (χ3v) is 8.32. The summed E-state index contributed by atoms with van der Waals surface area (Å²) in [6.07, 6.45) is 1.11. The summed E-state index contributed by atoms with van der Waals surface area (Å²) in [4.78, 5) is 13.3. The number of nitrogens with one attached hydrogen (secondary N) is 1. The summed E-state index contributed by atoms with van der Waals surface area (Å²) >= 11 is 0. The Kier molecular flexibility index (Phi) is 7.85. The highest BCUT2D eigenvalue weighted by molar-refractivity contribution is 7.89. The summed E-state index contributed by atoms with van der Waals surface area (Å²) < 4.78 is 33.9. The van der Waals surface area contributed by atoms with Crippen molar-refractivity contribution in [2.45, 2.75) is 71.4 Å². The van der Waals surface area contributed by atoms with Gasteiger partial charge in [0.2, 0.25) is 15.9 Å². The number of nitrogens with zero attached hydrogens (tertiary/aromatic N) is 1. The molecule has 6 nitrogen and oxygen atoms in total. The highest BCUT2D eigenvalue weighted by Gasteiger charge is 2.34. The first kappa shape index (κ1) is 25.2. The van der Waals surface area contributed by atoms with Gasteiger partial charge in [-0.05, 0) is 83.2 Å². The largest absolute Gasteiger partial charge is 0.491 e. The summed E-state index contributed by atoms with van der Waals surface area (Å²) in [5.41, 5.74) is 3.57. The van der Waals surface area contributed by atoms with E-state index in [0.717, 1.165) is 28.0 Å². The molecule has 1 N–H and O–H groups in total. The first-order valence-corrected chi connectivity index (χ1v) is 13.1. The van der Waals surface area contributed by atoms with Gasteiger partial charge in [0, 0.05) is 19.0 Å². The van der Waals surface area contributed by atoms with Crippen LogP contribution in [0.25, 0.3) is 0 Å². The van der Waals surface area contributed by atoms with Gasteiger partial charge in [-0.1, -0.05) is 29.8 Å². The molecule has 180 valence electrons. The van der Waals surface area contributed by atoms with Crippen molar-refractivity contribution in [2.24, 2.45) is 5.92 Å². The molecule has 1 aliphatic rings. The van der Waals surface area contributed by atoms with Crippen LogP contribution in [-0.2, 0) is 14.8 Å². The van der Waals surface area contributed by atoms with Crippen LogP contribution >= 0.6 is 0 Å². The molecule has 1 saturated heterocycles. The molecular weight excluding hydrogens is 436 g/mol. The SMILES string of the molecule is Cc1cc(C)c(S(=O)(=O)N2CCC(C(=O)NC(C)c3cccc(OC(C)C)c3)CC2)c(C)c1. The van der Waals surface area contributed by atoms with Gasteiger partial charge in [0.1, 0.15) is 5.75 Å². The molecule has 0 bridgehead atoms. The smallest absolute Gasteiger partial charge is 0.243 e. The highest BCUT2D eigenvalue weighted by Crippen LogP contribution is 2.29. The number of hydrogen-bond donors (Lipinski definition) is 1. The van der Waals surface area contributed by atoms with Crippen LogP contribution in [0.2, 0.25) is 0 Å². The second-order valence-corrected chi connectivity index (χ2v) is 11.3. The van der Waals surface area contributed by atoms with E-state index in [1.54, 1.807) is 0 Å². The van der Waals surface area contributed by atoms with Crippen molar-refractivity contribution in [3.05, 3.63) is 58.7 Å². The number of sulfonamides is 1. The molecule has 0 aliphatic carbocycles. The van der Waals surface area contributed by atoms with E-state index in [1.165, 1.54) is 4.31 Å². The molecule has 33 heavy (non-hydrogen) atoms. The topological polar surface area (TPSA) is 75.7 Å². The number of carbonyl (C=O) groups is 1. The Balaban J connectivity index is 1.62. The zero-order valence-corrected chi connectivity index (χ0v) is 21.3. The van der Waals surface area contributed by atoms with E-state index in [-0.39, 0.29) is 24.0 Å². The van der Waals surface area contributed by atoms with Crippen LogP contribution in [-0.4, -0.2) is 37.8 Å². The predicted molar refractivity (Wildman–Crippen MR) is 131 cm³/mol. The maximum absolute atomic E-state index is 13.3. The fourth-order valence-corrected chi connectivity index (χ4v) is 6.49. The Labute approximate surface area is 198 Å². The Morgan fingerprint density at radius 3 is 2.21 bits per heavy atom. The van der Waals surface area contributed by atoms with Gasteiger partial charge in [0.15, 0.2) is 0 Å². The average molecular weight is 473 g/mol. The molecule has 1 aliphatic heterocycles. The number of ether oxygens (including phenoxy) is 1. The van der Waals surface area contributed by atoms with Gasteiger partial charge < -0.3 is 10.1 Å². The molecule has 2 aromatic carbocycles. The summed E-state index contributed by atoms with van der Waals surface area (Å²) in [5.74, 6) is 0.551. The van der Waals surface area contributed by atoms with Crippen LogP contribution in [0.4, 0.5) is 0 Å². The molecule has 1 unspecified atom stereocenters. The quantitative estimate of drug-likeness (QED) is 0.635. The lowest BCUT2D eigenvalue weighted by molar-refractivity contribution is -0.126. The number of benzene rings is 2.